The van der Waals surface area contributed by atoms with E-state index in [1.807, 2.05) is 20.8 Å². The molecule has 2 aromatic rings. The molecule has 30 heavy (non-hydrogen) atoms. The molecule has 3 heterocycles. The van der Waals surface area contributed by atoms with Gasteiger partial charge in [0.1, 0.15) is 4.90 Å². The number of aryl methyl sites for hydroxylation is 2. The van der Waals surface area contributed by atoms with E-state index in [-0.39, 0.29) is 34.9 Å². The SMILES string of the molecule is Cc1nn(C(F)F)cc1S(=O)(=O)N1CCCc2ncc(NC(=O)CC(C)(C)C)cc21. The topological polar surface area (TPSA) is 97.2 Å². The Labute approximate surface area is 174 Å². The highest BCUT2D eigenvalue weighted by Crippen LogP contribution is 2.34. The number of amides is 1. The van der Waals surface area contributed by atoms with Crippen molar-refractivity contribution in [2.24, 2.45) is 5.41 Å². The lowest BCUT2D eigenvalue weighted by Gasteiger charge is -2.30. The van der Waals surface area contributed by atoms with E-state index < -0.39 is 16.6 Å². The number of nitrogens with one attached hydrogen (secondary N) is 1. The van der Waals surface area contributed by atoms with Crippen molar-refractivity contribution in [3.63, 3.8) is 0 Å². The molecule has 1 aliphatic heterocycles. The van der Waals surface area contributed by atoms with Crippen molar-refractivity contribution < 1.29 is 22.0 Å². The minimum Gasteiger partial charge on any atom is -0.325 e. The molecular weight excluding hydrogens is 416 g/mol. The summed E-state index contributed by atoms with van der Waals surface area (Å²) < 4.78 is 53.9. The molecule has 0 aliphatic carbocycles. The van der Waals surface area contributed by atoms with Crippen LogP contribution in [0.3, 0.4) is 0 Å². The van der Waals surface area contributed by atoms with Gasteiger partial charge in [-0.05, 0) is 31.2 Å². The maximum Gasteiger partial charge on any atom is 0.333 e. The Bertz CT molecular complexity index is 1060. The molecule has 164 valence electrons. The van der Waals surface area contributed by atoms with Crippen LogP contribution in [0.25, 0.3) is 0 Å². The number of fused-ring (bicyclic) bond motifs is 1. The molecule has 8 nitrogen and oxygen atoms in total. The second kappa shape index (κ2) is 7.93. The first-order valence-electron chi connectivity index (χ1n) is 9.54. The van der Waals surface area contributed by atoms with Gasteiger partial charge in [-0.2, -0.15) is 13.9 Å². The van der Waals surface area contributed by atoms with E-state index in [1.165, 1.54) is 13.1 Å². The number of anilines is 2. The number of hydrogen-bond acceptors (Lipinski definition) is 5. The van der Waals surface area contributed by atoms with Crippen LogP contribution in [0.2, 0.25) is 0 Å². The number of hydrogen-bond donors (Lipinski definition) is 1. The minimum atomic E-state index is -4.13. The molecule has 0 radical (unpaired) electrons. The summed E-state index contributed by atoms with van der Waals surface area (Å²) in [4.78, 5) is 16.3. The fraction of sp³-hybridized carbons (Fsp3) is 0.526. The number of pyridine rings is 1. The van der Waals surface area contributed by atoms with Crippen LogP contribution in [-0.2, 0) is 21.2 Å². The minimum absolute atomic E-state index is 0.00924. The van der Waals surface area contributed by atoms with Gasteiger partial charge in [0.25, 0.3) is 10.0 Å². The summed E-state index contributed by atoms with van der Waals surface area (Å²) in [7, 11) is -4.13. The number of alkyl halides is 2. The Balaban J connectivity index is 1.95. The summed E-state index contributed by atoms with van der Waals surface area (Å²) in [5.74, 6) is -0.205. The Morgan fingerprint density at radius 1 is 1.33 bits per heavy atom. The van der Waals surface area contributed by atoms with Crippen molar-refractivity contribution in [2.75, 3.05) is 16.2 Å². The highest BCUT2D eigenvalue weighted by atomic mass is 32.2. The van der Waals surface area contributed by atoms with Gasteiger partial charge in [0, 0.05) is 13.0 Å². The molecule has 0 aromatic carbocycles. The van der Waals surface area contributed by atoms with Crippen molar-refractivity contribution in [3.05, 3.63) is 29.8 Å². The largest absolute Gasteiger partial charge is 0.333 e. The van der Waals surface area contributed by atoms with E-state index >= 15 is 0 Å². The molecule has 0 saturated heterocycles. The quantitative estimate of drug-likeness (QED) is 0.766. The number of nitrogens with zero attached hydrogens (tertiary/aromatic N) is 4. The van der Waals surface area contributed by atoms with E-state index in [2.05, 4.69) is 15.4 Å². The van der Waals surface area contributed by atoms with Gasteiger partial charge in [-0.1, -0.05) is 20.8 Å². The Morgan fingerprint density at radius 3 is 2.63 bits per heavy atom. The van der Waals surface area contributed by atoms with Crippen molar-refractivity contribution in [1.82, 2.24) is 14.8 Å². The van der Waals surface area contributed by atoms with Crippen LogP contribution < -0.4 is 9.62 Å². The predicted octanol–water partition coefficient (Wildman–Crippen LogP) is 3.50. The normalized spacial score (nSPS) is 14.7. The predicted molar refractivity (Wildman–Crippen MR) is 108 cm³/mol. The lowest BCUT2D eigenvalue weighted by atomic mass is 9.92. The van der Waals surface area contributed by atoms with Gasteiger partial charge in [0.15, 0.2) is 0 Å². The third-order valence-corrected chi connectivity index (χ3v) is 6.52. The molecule has 1 aliphatic rings. The summed E-state index contributed by atoms with van der Waals surface area (Å²) in [6, 6.07) is 1.56. The van der Waals surface area contributed by atoms with Crippen LogP contribution in [0.15, 0.2) is 23.4 Å². The summed E-state index contributed by atoms with van der Waals surface area (Å²) in [6.45, 7) is 4.43. The summed E-state index contributed by atoms with van der Waals surface area (Å²) in [5.41, 5.74) is 1.07. The second-order valence-electron chi connectivity index (χ2n) is 8.49. The molecule has 2 aromatic heterocycles. The van der Waals surface area contributed by atoms with Gasteiger partial charge in [0.2, 0.25) is 5.91 Å². The standard InChI is InChI=1S/C19H25F2N5O3S/c1-12-16(11-25(24-12)18(20)21)30(28,29)26-7-5-6-14-15(26)8-13(10-22-14)23-17(27)9-19(2,3)4/h8,10-11,18H,5-7,9H2,1-4H3,(H,23,27). The van der Waals surface area contributed by atoms with Crippen LogP contribution in [-0.4, -0.2) is 35.6 Å². The molecule has 0 atom stereocenters. The number of rotatable bonds is 5. The Kier molecular flexibility index (Phi) is 5.85. The van der Waals surface area contributed by atoms with Gasteiger partial charge in [-0.3, -0.25) is 14.1 Å². The molecule has 0 unspecified atom stereocenters. The third kappa shape index (κ3) is 4.61. The number of aromatic nitrogens is 3. The van der Waals surface area contributed by atoms with Crippen LogP contribution in [0, 0.1) is 12.3 Å². The van der Waals surface area contributed by atoms with Gasteiger partial charge in [-0.25, -0.2) is 13.1 Å². The fourth-order valence-electron chi connectivity index (χ4n) is 3.34. The third-order valence-electron chi connectivity index (χ3n) is 4.61. The zero-order valence-electron chi connectivity index (χ0n) is 17.3. The zero-order valence-corrected chi connectivity index (χ0v) is 18.1. The second-order valence-corrected chi connectivity index (χ2v) is 10.3. The number of carbonyl (C=O) groups excluding carboxylic acids is 1. The monoisotopic (exact) mass is 441 g/mol. The van der Waals surface area contributed by atoms with E-state index in [4.69, 9.17) is 0 Å². The molecule has 0 saturated carbocycles. The number of sulfonamides is 1. The first-order valence-corrected chi connectivity index (χ1v) is 11.0. The van der Waals surface area contributed by atoms with E-state index in [1.54, 1.807) is 6.07 Å². The summed E-state index contributed by atoms with van der Waals surface area (Å²) in [5, 5.41) is 6.36. The molecular formula is C19H25F2N5O3S. The molecule has 0 bridgehead atoms. The smallest absolute Gasteiger partial charge is 0.325 e. The molecule has 0 spiro atoms. The number of carbonyl (C=O) groups is 1. The van der Waals surface area contributed by atoms with E-state index in [0.717, 1.165) is 10.5 Å². The van der Waals surface area contributed by atoms with Gasteiger partial charge in [-0.15, -0.1) is 0 Å². The highest BCUT2D eigenvalue weighted by Gasteiger charge is 2.33. The van der Waals surface area contributed by atoms with Crippen molar-refractivity contribution in [1.29, 1.82) is 0 Å². The molecule has 1 N–H and O–H groups in total. The molecule has 1 amide bonds. The maximum atomic E-state index is 13.2. The summed E-state index contributed by atoms with van der Waals surface area (Å²) >= 11 is 0. The summed E-state index contributed by atoms with van der Waals surface area (Å²) in [6.07, 6.45) is 3.74. The average Bonchev–Trinajstić information content (AvgIpc) is 3.02. The zero-order chi connectivity index (χ0) is 22.3. The Hall–Kier alpha value is -2.56. The molecule has 11 heteroatoms. The Morgan fingerprint density at radius 2 is 2.03 bits per heavy atom. The van der Waals surface area contributed by atoms with Crippen LogP contribution in [0.4, 0.5) is 20.2 Å². The van der Waals surface area contributed by atoms with Gasteiger partial charge < -0.3 is 5.32 Å². The van der Waals surface area contributed by atoms with Crippen molar-refractivity contribution in [2.45, 2.75) is 58.4 Å². The number of halogens is 2. The van der Waals surface area contributed by atoms with Gasteiger partial charge in [0.05, 0.1) is 35.2 Å². The van der Waals surface area contributed by atoms with Crippen LogP contribution in [0.1, 0.15) is 51.6 Å². The molecule has 3 rings (SSSR count). The van der Waals surface area contributed by atoms with Crippen molar-refractivity contribution in [3.8, 4) is 0 Å². The van der Waals surface area contributed by atoms with Gasteiger partial charge >= 0.3 is 6.55 Å². The highest BCUT2D eigenvalue weighted by molar-refractivity contribution is 7.92. The van der Waals surface area contributed by atoms with E-state index in [0.29, 0.717) is 34.6 Å². The van der Waals surface area contributed by atoms with Crippen LogP contribution >= 0.6 is 0 Å². The fourth-order valence-corrected chi connectivity index (χ4v) is 5.02. The van der Waals surface area contributed by atoms with Crippen molar-refractivity contribution >= 4 is 27.3 Å². The first-order chi connectivity index (χ1) is 13.9. The lowest BCUT2D eigenvalue weighted by molar-refractivity contribution is -0.117. The average molecular weight is 442 g/mol. The lowest BCUT2D eigenvalue weighted by Crippen LogP contribution is -2.36. The van der Waals surface area contributed by atoms with E-state index in [9.17, 15) is 22.0 Å². The van der Waals surface area contributed by atoms with Crippen LogP contribution in [0.5, 0.6) is 0 Å². The molecule has 0 fully saturated rings. The maximum absolute atomic E-state index is 13.2. The first kappa shape index (κ1) is 22.1.